The van der Waals surface area contributed by atoms with Crippen LogP contribution in [0.3, 0.4) is 0 Å². The summed E-state index contributed by atoms with van der Waals surface area (Å²) in [6.45, 7) is 1.97. The van der Waals surface area contributed by atoms with Crippen molar-refractivity contribution in [3.63, 3.8) is 0 Å². The SMILES string of the molecule is COc1cccc(CN2CCCCC2c2cc3cc(F)ccc3[nH]2)c1. The third-order valence-corrected chi connectivity index (χ3v) is 5.10. The van der Waals surface area contributed by atoms with Crippen molar-refractivity contribution in [1.82, 2.24) is 9.88 Å². The summed E-state index contributed by atoms with van der Waals surface area (Å²) in [6, 6.07) is 15.7. The van der Waals surface area contributed by atoms with Crippen molar-refractivity contribution < 1.29 is 9.13 Å². The largest absolute Gasteiger partial charge is 0.497 e. The number of hydrogen-bond acceptors (Lipinski definition) is 2. The number of methoxy groups -OCH3 is 1. The van der Waals surface area contributed by atoms with Crippen LogP contribution >= 0.6 is 0 Å². The summed E-state index contributed by atoms with van der Waals surface area (Å²) in [5, 5.41) is 0.946. The summed E-state index contributed by atoms with van der Waals surface area (Å²) in [5.74, 6) is 0.710. The van der Waals surface area contributed by atoms with E-state index in [-0.39, 0.29) is 5.82 Å². The van der Waals surface area contributed by atoms with Gasteiger partial charge in [-0.1, -0.05) is 18.6 Å². The number of aromatic amines is 1. The molecule has 2 heterocycles. The summed E-state index contributed by atoms with van der Waals surface area (Å²) in [7, 11) is 1.70. The molecule has 1 N–H and O–H groups in total. The van der Waals surface area contributed by atoms with Crippen LogP contribution in [0.2, 0.25) is 0 Å². The molecule has 0 amide bonds. The topological polar surface area (TPSA) is 28.3 Å². The number of benzene rings is 2. The summed E-state index contributed by atoms with van der Waals surface area (Å²) in [4.78, 5) is 6.01. The van der Waals surface area contributed by atoms with Crippen LogP contribution in [-0.2, 0) is 6.54 Å². The minimum absolute atomic E-state index is 0.185. The third-order valence-electron chi connectivity index (χ3n) is 5.10. The van der Waals surface area contributed by atoms with Gasteiger partial charge < -0.3 is 9.72 Å². The molecule has 1 atom stereocenters. The monoisotopic (exact) mass is 338 g/mol. The summed E-state index contributed by atoms with van der Waals surface area (Å²) in [5.41, 5.74) is 3.44. The molecule has 4 heteroatoms. The van der Waals surface area contributed by atoms with E-state index in [1.807, 2.05) is 18.2 Å². The number of halogens is 1. The number of nitrogens with one attached hydrogen (secondary N) is 1. The lowest BCUT2D eigenvalue weighted by Crippen LogP contribution is -2.33. The first-order valence-electron chi connectivity index (χ1n) is 8.88. The van der Waals surface area contributed by atoms with Gasteiger partial charge in [0.2, 0.25) is 0 Å². The highest BCUT2D eigenvalue weighted by Crippen LogP contribution is 2.33. The summed E-state index contributed by atoms with van der Waals surface area (Å²) >= 11 is 0. The minimum atomic E-state index is -0.185. The molecule has 1 unspecified atom stereocenters. The number of nitrogens with zero attached hydrogens (tertiary/aromatic N) is 1. The van der Waals surface area contributed by atoms with Gasteiger partial charge in [0.15, 0.2) is 0 Å². The van der Waals surface area contributed by atoms with Gasteiger partial charge in [-0.3, -0.25) is 4.90 Å². The Kier molecular flexibility index (Phi) is 4.45. The fourth-order valence-electron chi connectivity index (χ4n) is 3.84. The fraction of sp³-hybridized carbons (Fsp3) is 0.333. The molecule has 0 radical (unpaired) electrons. The first kappa shape index (κ1) is 16.2. The van der Waals surface area contributed by atoms with Crippen LogP contribution in [0.15, 0.2) is 48.5 Å². The van der Waals surface area contributed by atoms with Gasteiger partial charge in [0.25, 0.3) is 0 Å². The molecule has 1 saturated heterocycles. The quantitative estimate of drug-likeness (QED) is 0.721. The van der Waals surface area contributed by atoms with Gasteiger partial charge in [0.1, 0.15) is 11.6 Å². The van der Waals surface area contributed by atoms with E-state index in [9.17, 15) is 4.39 Å². The van der Waals surface area contributed by atoms with Crippen molar-refractivity contribution in [2.24, 2.45) is 0 Å². The molecule has 25 heavy (non-hydrogen) atoms. The van der Waals surface area contributed by atoms with E-state index in [1.54, 1.807) is 13.2 Å². The Morgan fingerprint density at radius 1 is 1.16 bits per heavy atom. The molecular formula is C21H23FN2O. The van der Waals surface area contributed by atoms with Gasteiger partial charge in [-0.15, -0.1) is 0 Å². The van der Waals surface area contributed by atoms with E-state index < -0.39 is 0 Å². The Hall–Kier alpha value is -2.33. The Labute approximate surface area is 147 Å². The number of fused-ring (bicyclic) bond motifs is 1. The summed E-state index contributed by atoms with van der Waals surface area (Å²) in [6.07, 6.45) is 3.57. The van der Waals surface area contributed by atoms with Crippen molar-refractivity contribution in [2.75, 3.05) is 13.7 Å². The average Bonchev–Trinajstić information content (AvgIpc) is 3.05. The van der Waals surface area contributed by atoms with E-state index in [0.717, 1.165) is 36.2 Å². The Balaban J connectivity index is 1.61. The van der Waals surface area contributed by atoms with Crippen molar-refractivity contribution in [1.29, 1.82) is 0 Å². The van der Waals surface area contributed by atoms with E-state index >= 15 is 0 Å². The van der Waals surface area contributed by atoms with E-state index in [1.165, 1.54) is 30.2 Å². The van der Waals surface area contributed by atoms with E-state index in [2.05, 4.69) is 28.1 Å². The molecule has 0 spiro atoms. The van der Waals surface area contributed by atoms with Gasteiger partial charge in [-0.2, -0.15) is 0 Å². The van der Waals surface area contributed by atoms with Crippen LogP contribution in [-0.4, -0.2) is 23.5 Å². The van der Waals surface area contributed by atoms with Gasteiger partial charge in [-0.25, -0.2) is 4.39 Å². The standard InChI is InChI=1S/C21H23FN2O/c1-25-18-6-4-5-15(11-18)14-24-10-3-2-7-21(24)20-13-16-12-17(22)8-9-19(16)23-20/h4-6,8-9,11-13,21,23H,2-3,7,10,14H2,1H3. The number of rotatable bonds is 4. The number of ether oxygens (including phenoxy) is 1. The zero-order valence-corrected chi connectivity index (χ0v) is 14.5. The van der Waals surface area contributed by atoms with Crippen LogP contribution in [0.5, 0.6) is 5.75 Å². The molecule has 1 aliphatic rings. The Bertz CT molecular complexity index is 873. The second-order valence-corrected chi connectivity index (χ2v) is 6.79. The first-order chi connectivity index (χ1) is 12.2. The zero-order chi connectivity index (χ0) is 17.2. The van der Waals surface area contributed by atoms with Crippen LogP contribution in [0.4, 0.5) is 4.39 Å². The molecule has 1 fully saturated rings. The molecule has 130 valence electrons. The van der Waals surface area contributed by atoms with Crippen molar-refractivity contribution >= 4 is 10.9 Å². The maximum absolute atomic E-state index is 13.5. The molecule has 1 aliphatic heterocycles. The highest BCUT2D eigenvalue weighted by atomic mass is 19.1. The Morgan fingerprint density at radius 3 is 2.96 bits per heavy atom. The van der Waals surface area contributed by atoms with Crippen LogP contribution in [0.25, 0.3) is 10.9 Å². The number of piperidine rings is 1. The van der Waals surface area contributed by atoms with Crippen LogP contribution in [0.1, 0.15) is 36.6 Å². The molecule has 0 bridgehead atoms. The van der Waals surface area contributed by atoms with Crippen molar-refractivity contribution in [2.45, 2.75) is 31.8 Å². The highest BCUT2D eigenvalue weighted by molar-refractivity contribution is 5.80. The lowest BCUT2D eigenvalue weighted by Gasteiger charge is -2.35. The molecule has 3 aromatic rings. The first-order valence-corrected chi connectivity index (χ1v) is 8.88. The second kappa shape index (κ2) is 6.89. The van der Waals surface area contributed by atoms with Gasteiger partial charge in [0.05, 0.1) is 13.2 Å². The molecule has 0 saturated carbocycles. The van der Waals surface area contributed by atoms with E-state index in [4.69, 9.17) is 4.74 Å². The van der Waals surface area contributed by atoms with Crippen molar-refractivity contribution in [3.8, 4) is 5.75 Å². The average molecular weight is 338 g/mol. The van der Waals surface area contributed by atoms with Gasteiger partial charge in [-0.05, 0) is 61.3 Å². The molecule has 0 aliphatic carbocycles. The normalized spacial score (nSPS) is 18.6. The van der Waals surface area contributed by atoms with E-state index in [0.29, 0.717) is 6.04 Å². The second-order valence-electron chi connectivity index (χ2n) is 6.79. The molecule has 2 aromatic carbocycles. The minimum Gasteiger partial charge on any atom is -0.497 e. The molecule has 4 rings (SSSR count). The predicted molar refractivity (Wildman–Crippen MR) is 98.3 cm³/mol. The lowest BCUT2D eigenvalue weighted by atomic mass is 9.98. The van der Waals surface area contributed by atoms with Gasteiger partial charge in [0, 0.05) is 23.1 Å². The lowest BCUT2D eigenvalue weighted by molar-refractivity contribution is 0.138. The Morgan fingerprint density at radius 2 is 2.08 bits per heavy atom. The number of aromatic nitrogens is 1. The number of H-pyrrole nitrogens is 1. The highest BCUT2D eigenvalue weighted by Gasteiger charge is 2.25. The third kappa shape index (κ3) is 3.40. The van der Waals surface area contributed by atoms with Crippen LogP contribution < -0.4 is 4.74 Å². The molecular weight excluding hydrogens is 315 g/mol. The molecule has 1 aromatic heterocycles. The van der Waals surface area contributed by atoms with Gasteiger partial charge >= 0.3 is 0 Å². The number of likely N-dealkylation sites (tertiary alicyclic amines) is 1. The molecule has 3 nitrogen and oxygen atoms in total. The fourth-order valence-corrected chi connectivity index (χ4v) is 3.84. The predicted octanol–water partition coefficient (Wildman–Crippen LogP) is 5.04. The zero-order valence-electron chi connectivity index (χ0n) is 14.5. The van der Waals surface area contributed by atoms with Crippen LogP contribution in [0, 0.1) is 5.82 Å². The van der Waals surface area contributed by atoms with Crippen molar-refractivity contribution in [3.05, 3.63) is 65.6 Å². The maximum Gasteiger partial charge on any atom is 0.123 e. The summed E-state index contributed by atoms with van der Waals surface area (Å²) < 4.78 is 18.8. The maximum atomic E-state index is 13.5. The number of hydrogen-bond donors (Lipinski definition) is 1. The smallest absolute Gasteiger partial charge is 0.123 e.